The van der Waals surface area contributed by atoms with Crippen molar-refractivity contribution in [1.29, 1.82) is 0 Å². The summed E-state index contributed by atoms with van der Waals surface area (Å²) >= 11 is 0. The van der Waals surface area contributed by atoms with Crippen molar-refractivity contribution in [2.24, 2.45) is 9.98 Å². The van der Waals surface area contributed by atoms with Gasteiger partial charge < -0.3 is 10.3 Å². The summed E-state index contributed by atoms with van der Waals surface area (Å²) in [6.45, 7) is 4.05. The van der Waals surface area contributed by atoms with Crippen LogP contribution in [-0.2, 0) is 6.54 Å². The standard InChI is InChI=1S/C13H15N5/c1-14-12(15-2)5-7-16-8-10-9-18-13-11(10)4-3-6-17-13/h3-7,9,15H,1,8H2,2H3,(H,17,18)/b12-5+,16-7?. The van der Waals surface area contributed by atoms with E-state index in [0.29, 0.717) is 12.4 Å². The van der Waals surface area contributed by atoms with Gasteiger partial charge in [-0.25, -0.2) is 9.98 Å². The molecule has 0 saturated carbocycles. The quantitative estimate of drug-likeness (QED) is 0.785. The van der Waals surface area contributed by atoms with Crippen molar-refractivity contribution in [1.82, 2.24) is 15.3 Å². The Kier molecular flexibility index (Phi) is 3.86. The van der Waals surface area contributed by atoms with Gasteiger partial charge in [0.15, 0.2) is 0 Å². The molecule has 2 heterocycles. The average molecular weight is 241 g/mol. The Labute approximate surface area is 105 Å². The van der Waals surface area contributed by atoms with Crippen molar-refractivity contribution < 1.29 is 0 Å². The second-order valence-electron chi connectivity index (χ2n) is 3.66. The van der Waals surface area contributed by atoms with Crippen LogP contribution in [0, 0.1) is 0 Å². The van der Waals surface area contributed by atoms with Crippen LogP contribution in [0.15, 0.2) is 46.4 Å². The number of hydrogen-bond acceptors (Lipinski definition) is 4. The van der Waals surface area contributed by atoms with E-state index in [1.807, 2.05) is 18.3 Å². The molecule has 0 aromatic carbocycles. The van der Waals surface area contributed by atoms with Crippen LogP contribution < -0.4 is 5.32 Å². The zero-order valence-corrected chi connectivity index (χ0v) is 10.2. The van der Waals surface area contributed by atoms with E-state index in [-0.39, 0.29) is 0 Å². The first-order valence-electron chi connectivity index (χ1n) is 5.60. The molecule has 18 heavy (non-hydrogen) atoms. The molecule has 0 unspecified atom stereocenters. The largest absolute Gasteiger partial charge is 0.373 e. The minimum atomic E-state index is 0.607. The number of aliphatic imine (C=N–C) groups is 2. The third kappa shape index (κ3) is 2.63. The molecule has 5 nitrogen and oxygen atoms in total. The summed E-state index contributed by atoms with van der Waals surface area (Å²) in [7, 11) is 1.79. The Morgan fingerprint density at radius 2 is 2.50 bits per heavy atom. The maximum absolute atomic E-state index is 4.32. The number of aromatic amines is 1. The molecule has 2 aromatic heterocycles. The van der Waals surface area contributed by atoms with Gasteiger partial charge in [0.25, 0.3) is 0 Å². The highest BCUT2D eigenvalue weighted by Gasteiger charge is 2.01. The van der Waals surface area contributed by atoms with Crippen LogP contribution in [0.5, 0.6) is 0 Å². The van der Waals surface area contributed by atoms with Gasteiger partial charge >= 0.3 is 0 Å². The molecule has 0 aliphatic heterocycles. The van der Waals surface area contributed by atoms with Gasteiger partial charge in [-0.3, -0.25) is 4.99 Å². The number of pyridine rings is 1. The number of allylic oxidation sites excluding steroid dienone is 1. The Bertz CT molecular complexity index is 594. The van der Waals surface area contributed by atoms with Crippen LogP contribution >= 0.6 is 0 Å². The molecule has 0 radical (unpaired) electrons. The molecule has 92 valence electrons. The van der Waals surface area contributed by atoms with Crippen molar-refractivity contribution in [2.45, 2.75) is 6.54 Å². The van der Waals surface area contributed by atoms with E-state index in [1.54, 1.807) is 25.5 Å². The van der Waals surface area contributed by atoms with E-state index >= 15 is 0 Å². The van der Waals surface area contributed by atoms with Crippen LogP contribution in [0.2, 0.25) is 0 Å². The molecule has 0 fully saturated rings. The fourth-order valence-electron chi connectivity index (χ4n) is 1.63. The van der Waals surface area contributed by atoms with Gasteiger partial charge in [0.05, 0.1) is 6.54 Å². The Balaban J connectivity index is 2.09. The molecule has 0 amide bonds. The highest BCUT2D eigenvalue weighted by Crippen LogP contribution is 2.15. The normalized spacial score (nSPS) is 12.2. The summed E-state index contributed by atoms with van der Waals surface area (Å²) in [5.74, 6) is 0.694. The summed E-state index contributed by atoms with van der Waals surface area (Å²) in [5, 5.41) is 4.01. The van der Waals surface area contributed by atoms with Gasteiger partial charge in [0.1, 0.15) is 11.5 Å². The summed E-state index contributed by atoms with van der Waals surface area (Å²) in [4.78, 5) is 15.5. The second kappa shape index (κ2) is 5.77. The number of rotatable bonds is 5. The number of aromatic nitrogens is 2. The van der Waals surface area contributed by atoms with E-state index in [9.17, 15) is 0 Å². The SMILES string of the molecule is C=N/C(=C\C=NCc1c[nH]c2ncccc12)NC. The fraction of sp³-hybridized carbons (Fsp3) is 0.154. The molecule has 0 aliphatic rings. The summed E-state index contributed by atoms with van der Waals surface area (Å²) < 4.78 is 0. The summed E-state index contributed by atoms with van der Waals surface area (Å²) in [6.07, 6.45) is 7.20. The lowest BCUT2D eigenvalue weighted by molar-refractivity contribution is 0.973. The molecular formula is C13H15N5. The lowest BCUT2D eigenvalue weighted by Gasteiger charge is -1.95. The lowest BCUT2D eigenvalue weighted by Crippen LogP contribution is -2.02. The molecule has 2 aromatic rings. The van der Waals surface area contributed by atoms with Gasteiger partial charge in [-0.1, -0.05) is 0 Å². The number of H-pyrrole nitrogens is 1. The fourth-order valence-corrected chi connectivity index (χ4v) is 1.63. The van der Waals surface area contributed by atoms with Crippen molar-refractivity contribution in [3.63, 3.8) is 0 Å². The zero-order valence-electron chi connectivity index (χ0n) is 10.2. The number of hydrogen-bond donors (Lipinski definition) is 2. The Morgan fingerprint density at radius 3 is 3.28 bits per heavy atom. The molecule has 5 heteroatoms. The van der Waals surface area contributed by atoms with Gasteiger partial charge in [0.2, 0.25) is 0 Å². The number of nitrogens with zero attached hydrogens (tertiary/aromatic N) is 3. The van der Waals surface area contributed by atoms with E-state index < -0.39 is 0 Å². The van der Waals surface area contributed by atoms with E-state index in [1.165, 1.54) is 0 Å². The maximum atomic E-state index is 4.32. The monoisotopic (exact) mass is 241 g/mol. The smallest absolute Gasteiger partial charge is 0.137 e. The van der Waals surface area contributed by atoms with Gasteiger partial charge in [0, 0.05) is 36.6 Å². The Morgan fingerprint density at radius 1 is 1.61 bits per heavy atom. The highest BCUT2D eigenvalue weighted by atomic mass is 15.0. The van der Waals surface area contributed by atoms with Crippen molar-refractivity contribution in [3.8, 4) is 0 Å². The van der Waals surface area contributed by atoms with Gasteiger partial charge in [-0.15, -0.1) is 0 Å². The minimum absolute atomic E-state index is 0.607. The van der Waals surface area contributed by atoms with E-state index in [2.05, 4.69) is 32.0 Å². The average Bonchev–Trinajstić information content (AvgIpc) is 2.82. The van der Waals surface area contributed by atoms with E-state index in [4.69, 9.17) is 0 Å². The van der Waals surface area contributed by atoms with Crippen molar-refractivity contribution in [2.75, 3.05) is 7.05 Å². The van der Waals surface area contributed by atoms with Crippen LogP contribution in [0.25, 0.3) is 11.0 Å². The predicted molar refractivity (Wildman–Crippen MR) is 75.0 cm³/mol. The van der Waals surface area contributed by atoms with E-state index in [0.717, 1.165) is 16.6 Å². The summed E-state index contributed by atoms with van der Waals surface area (Å²) in [5.41, 5.74) is 2.02. The minimum Gasteiger partial charge on any atom is -0.373 e. The van der Waals surface area contributed by atoms with Crippen LogP contribution in [0.3, 0.4) is 0 Å². The molecule has 0 aliphatic carbocycles. The van der Waals surface area contributed by atoms with Gasteiger partial charge in [-0.2, -0.15) is 0 Å². The Hall–Kier alpha value is -2.43. The van der Waals surface area contributed by atoms with Crippen molar-refractivity contribution in [3.05, 3.63) is 42.0 Å². The summed E-state index contributed by atoms with van der Waals surface area (Å²) in [6, 6.07) is 3.95. The first kappa shape index (κ1) is 12.0. The highest BCUT2D eigenvalue weighted by molar-refractivity contribution is 5.80. The molecular weight excluding hydrogens is 226 g/mol. The molecule has 0 spiro atoms. The molecule has 0 bridgehead atoms. The topological polar surface area (TPSA) is 65.4 Å². The maximum Gasteiger partial charge on any atom is 0.137 e. The second-order valence-corrected chi connectivity index (χ2v) is 3.66. The van der Waals surface area contributed by atoms with Gasteiger partial charge in [-0.05, 0) is 24.9 Å². The molecule has 0 saturated heterocycles. The number of nitrogens with one attached hydrogen (secondary N) is 2. The van der Waals surface area contributed by atoms with Crippen LogP contribution in [0.1, 0.15) is 5.56 Å². The number of fused-ring (bicyclic) bond motifs is 1. The molecule has 2 rings (SSSR count). The third-order valence-electron chi connectivity index (χ3n) is 2.56. The van der Waals surface area contributed by atoms with Crippen LogP contribution in [0.4, 0.5) is 0 Å². The lowest BCUT2D eigenvalue weighted by atomic mass is 10.2. The molecule has 2 N–H and O–H groups in total. The predicted octanol–water partition coefficient (Wildman–Crippen LogP) is 1.90. The molecule has 0 atom stereocenters. The third-order valence-corrected chi connectivity index (χ3v) is 2.56. The first-order valence-corrected chi connectivity index (χ1v) is 5.60. The van der Waals surface area contributed by atoms with Crippen molar-refractivity contribution >= 4 is 24.0 Å². The zero-order chi connectivity index (χ0) is 12.8. The first-order chi connectivity index (χ1) is 8.85. The van der Waals surface area contributed by atoms with Crippen LogP contribution in [-0.4, -0.2) is 29.9 Å².